The third kappa shape index (κ3) is 3.08. The number of hydrogen-bond donors (Lipinski definition) is 0. The van der Waals surface area contributed by atoms with Gasteiger partial charge in [-0.3, -0.25) is 4.79 Å². The van der Waals surface area contributed by atoms with Gasteiger partial charge in [0.05, 0.1) is 12.0 Å². The molecule has 0 atom stereocenters. The van der Waals surface area contributed by atoms with Crippen molar-refractivity contribution in [1.82, 2.24) is 0 Å². The van der Waals surface area contributed by atoms with Gasteiger partial charge in [0.1, 0.15) is 0 Å². The number of aryl methyl sites for hydroxylation is 1. The maximum atomic E-state index is 12.9. The number of benzene rings is 1. The SMILES string of the molecule is C=CCC(CC=C)(C(=O)OC)S(=O)(=O)c1ccc(C)cc1. The Labute approximate surface area is 126 Å². The number of ether oxygens (including phenoxy) is 1. The maximum Gasteiger partial charge on any atom is 0.328 e. The van der Waals surface area contributed by atoms with E-state index in [1.807, 2.05) is 6.92 Å². The summed E-state index contributed by atoms with van der Waals surface area (Å²) in [4.78, 5) is 12.3. The molecule has 0 heterocycles. The maximum absolute atomic E-state index is 12.9. The van der Waals surface area contributed by atoms with Crippen LogP contribution in [0.25, 0.3) is 0 Å². The number of hydrogen-bond acceptors (Lipinski definition) is 4. The van der Waals surface area contributed by atoms with Crippen molar-refractivity contribution >= 4 is 15.8 Å². The Morgan fingerprint density at radius 3 is 2.05 bits per heavy atom. The van der Waals surface area contributed by atoms with Crippen molar-refractivity contribution < 1.29 is 17.9 Å². The van der Waals surface area contributed by atoms with E-state index in [1.54, 1.807) is 12.1 Å². The molecule has 0 amide bonds. The van der Waals surface area contributed by atoms with Gasteiger partial charge < -0.3 is 4.74 Å². The second kappa shape index (κ2) is 6.72. The van der Waals surface area contributed by atoms with E-state index in [0.29, 0.717) is 0 Å². The van der Waals surface area contributed by atoms with Crippen LogP contribution >= 0.6 is 0 Å². The smallest absolute Gasteiger partial charge is 0.328 e. The Hall–Kier alpha value is -1.88. The fourth-order valence-electron chi connectivity index (χ4n) is 2.17. The van der Waals surface area contributed by atoms with Crippen LogP contribution < -0.4 is 0 Å². The summed E-state index contributed by atoms with van der Waals surface area (Å²) >= 11 is 0. The summed E-state index contributed by atoms with van der Waals surface area (Å²) in [5.74, 6) is -0.803. The zero-order valence-electron chi connectivity index (χ0n) is 12.3. The average Bonchev–Trinajstić information content (AvgIpc) is 2.46. The molecule has 4 nitrogen and oxygen atoms in total. The van der Waals surface area contributed by atoms with Gasteiger partial charge in [0, 0.05) is 0 Å². The van der Waals surface area contributed by atoms with E-state index < -0.39 is 20.6 Å². The van der Waals surface area contributed by atoms with Crippen LogP contribution in [0.4, 0.5) is 0 Å². The molecule has 0 bridgehead atoms. The van der Waals surface area contributed by atoms with E-state index in [-0.39, 0.29) is 17.7 Å². The van der Waals surface area contributed by atoms with Crippen LogP contribution in [-0.4, -0.2) is 26.2 Å². The Kier molecular flexibility index (Phi) is 5.49. The molecule has 114 valence electrons. The predicted molar refractivity (Wildman–Crippen MR) is 82.7 cm³/mol. The van der Waals surface area contributed by atoms with Crippen molar-refractivity contribution in [1.29, 1.82) is 0 Å². The molecule has 0 aromatic heterocycles. The topological polar surface area (TPSA) is 60.4 Å². The first-order chi connectivity index (χ1) is 9.85. The van der Waals surface area contributed by atoms with Crippen LogP contribution in [0, 0.1) is 6.92 Å². The molecule has 0 spiro atoms. The van der Waals surface area contributed by atoms with E-state index in [9.17, 15) is 13.2 Å². The van der Waals surface area contributed by atoms with Crippen LogP contribution in [0.1, 0.15) is 18.4 Å². The first-order valence-corrected chi connectivity index (χ1v) is 7.95. The lowest BCUT2D eigenvalue weighted by Gasteiger charge is -2.28. The molecule has 0 radical (unpaired) electrons. The number of esters is 1. The summed E-state index contributed by atoms with van der Waals surface area (Å²) in [5.41, 5.74) is 0.935. The largest absolute Gasteiger partial charge is 0.468 e. The lowest BCUT2D eigenvalue weighted by Crippen LogP contribution is -2.46. The molecule has 1 aromatic carbocycles. The zero-order valence-corrected chi connectivity index (χ0v) is 13.2. The van der Waals surface area contributed by atoms with Gasteiger partial charge in [-0.05, 0) is 31.9 Å². The van der Waals surface area contributed by atoms with Crippen molar-refractivity contribution in [2.24, 2.45) is 0 Å². The molecule has 0 unspecified atom stereocenters. The van der Waals surface area contributed by atoms with Crippen molar-refractivity contribution in [3.8, 4) is 0 Å². The Balaban J connectivity index is 3.54. The highest BCUT2D eigenvalue weighted by Crippen LogP contribution is 2.34. The van der Waals surface area contributed by atoms with E-state index in [4.69, 9.17) is 4.74 Å². The van der Waals surface area contributed by atoms with E-state index in [2.05, 4.69) is 13.2 Å². The van der Waals surface area contributed by atoms with Gasteiger partial charge in [-0.1, -0.05) is 29.8 Å². The molecule has 0 saturated carbocycles. The molecule has 0 aliphatic carbocycles. The van der Waals surface area contributed by atoms with Crippen LogP contribution in [0.2, 0.25) is 0 Å². The highest BCUT2D eigenvalue weighted by atomic mass is 32.2. The summed E-state index contributed by atoms with van der Waals surface area (Å²) in [6, 6.07) is 6.37. The van der Waals surface area contributed by atoms with Gasteiger partial charge >= 0.3 is 5.97 Å². The van der Waals surface area contributed by atoms with Crippen molar-refractivity contribution in [2.75, 3.05) is 7.11 Å². The van der Waals surface area contributed by atoms with Gasteiger partial charge in [0.25, 0.3) is 0 Å². The van der Waals surface area contributed by atoms with E-state index >= 15 is 0 Å². The molecule has 0 fully saturated rings. The predicted octanol–water partition coefficient (Wildman–Crippen LogP) is 2.83. The minimum atomic E-state index is -3.93. The van der Waals surface area contributed by atoms with Crippen molar-refractivity contribution in [3.63, 3.8) is 0 Å². The molecule has 0 aliphatic rings. The lowest BCUT2D eigenvalue weighted by atomic mass is 10.0. The summed E-state index contributed by atoms with van der Waals surface area (Å²) in [7, 11) is -2.76. The highest BCUT2D eigenvalue weighted by Gasteiger charge is 2.50. The van der Waals surface area contributed by atoms with Crippen LogP contribution in [0.15, 0.2) is 54.5 Å². The minimum Gasteiger partial charge on any atom is -0.468 e. The standard InChI is InChI=1S/C16H20O4S/c1-5-11-16(12-6-2,15(17)20-4)21(18,19)14-9-7-13(3)8-10-14/h5-10H,1-2,11-12H2,3-4H3. The van der Waals surface area contributed by atoms with Crippen molar-refractivity contribution in [3.05, 3.63) is 55.1 Å². The van der Waals surface area contributed by atoms with Gasteiger partial charge in [-0.15, -0.1) is 13.2 Å². The monoisotopic (exact) mass is 308 g/mol. The van der Waals surface area contributed by atoms with Crippen molar-refractivity contribution in [2.45, 2.75) is 29.4 Å². The third-order valence-electron chi connectivity index (χ3n) is 3.35. The second-order valence-corrected chi connectivity index (χ2v) is 7.05. The van der Waals surface area contributed by atoms with Crippen LogP contribution in [0.3, 0.4) is 0 Å². The number of allylic oxidation sites excluding steroid dienone is 2. The summed E-state index contributed by atoms with van der Waals surface area (Å²) in [5, 5.41) is 0. The van der Waals surface area contributed by atoms with Crippen LogP contribution in [0.5, 0.6) is 0 Å². The molecule has 0 saturated heterocycles. The third-order valence-corrected chi connectivity index (χ3v) is 5.77. The number of carbonyl (C=O) groups is 1. The van der Waals surface area contributed by atoms with Gasteiger partial charge in [-0.2, -0.15) is 0 Å². The number of rotatable bonds is 7. The summed E-state index contributed by atoms with van der Waals surface area (Å²) < 4.78 is 28.9. The Morgan fingerprint density at radius 2 is 1.67 bits per heavy atom. The van der Waals surface area contributed by atoms with E-state index in [1.165, 1.54) is 31.4 Å². The lowest BCUT2D eigenvalue weighted by molar-refractivity contribution is -0.143. The first kappa shape index (κ1) is 17.2. The fourth-order valence-corrected chi connectivity index (χ4v) is 4.10. The Morgan fingerprint density at radius 1 is 1.19 bits per heavy atom. The molecule has 0 N–H and O–H groups in total. The van der Waals surface area contributed by atoms with Gasteiger partial charge in [0.15, 0.2) is 14.6 Å². The van der Waals surface area contributed by atoms with Gasteiger partial charge in [-0.25, -0.2) is 8.42 Å². The quantitative estimate of drug-likeness (QED) is 0.574. The molecule has 21 heavy (non-hydrogen) atoms. The molecular formula is C16H20O4S. The molecule has 1 aromatic rings. The normalized spacial score (nSPS) is 11.7. The molecule has 1 rings (SSSR count). The van der Waals surface area contributed by atoms with E-state index in [0.717, 1.165) is 5.56 Å². The summed E-state index contributed by atoms with van der Waals surface area (Å²) in [6.07, 6.45) is 2.74. The summed E-state index contributed by atoms with van der Waals surface area (Å²) in [6.45, 7) is 8.98. The fraction of sp³-hybridized carbons (Fsp3) is 0.312. The first-order valence-electron chi connectivity index (χ1n) is 6.47. The average molecular weight is 308 g/mol. The number of sulfone groups is 1. The number of methoxy groups -OCH3 is 1. The zero-order chi connectivity index (χ0) is 16.1. The number of carbonyl (C=O) groups excluding carboxylic acids is 1. The Bertz CT molecular complexity index is 617. The minimum absolute atomic E-state index is 0.0398. The highest BCUT2D eigenvalue weighted by molar-refractivity contribution is 7.93. The van der Waals surface area contributed by atoms with Gasteiger partial charge in [0.2, 0.25) is 0 Å². The van der Waals surface area contributed by atoms with Crippen LogP contribution in [-0.2, 0) is 19.4 Å². The second-order valence-electron chi connectivity index (χ2n) is 4.79. The molecule has 0 aliphatic heterocycles. The molecular weight excluding hydrogens is 288 g/mol. The molecule has 5 heteroatoms.